The molecular formula is C44H54N4O9. The van der Waals surface area contributed by atoms with Crippen LogP contribution >= 0.6 is 0 Å². The molecule has 304 valence electrons. The maximum Gasteiger partial charge on any atom is 0.344 e. The fourth-order valence-corrected chi connectivity index (χ4v) is 13.3. The van der Waals surface area contributed by atoms with Crippen molar-refractivity contribution in [3.8, 4) is 5.75 Å². The third kappa shape index (κ3) is 4.85. The molecule has 3 aromatic rings. The van der Waals surface area contributed by atoms with E-state index < -0.39 is 58.0 Å². The van der Waals surface area contributed by atoms with Crippen molar-refractivity contribution >= 4 is 34.5 Å². The molecule has 10 atom stereocenters. The number of para-hydroxylation sites is 1. The predicted octanol–water partition coefficient (Wildman–Crippen LogP) is 3.56. The van der Waals surface area contributed by atoms with E-state index in [1.807, 2.05) is 43.1 Å². The second kappa shape index (κ2) is 13.0. The number of carbonyl (C=O) groups excluding carboxylic acids is 3. The number of aliphatic hydroxyl groups excluding tert-OH is 1. The number of likely N-dealkylation sites (N-methyl/N-ethyl adjacent to an activating group) is 1. The van der Waals surface area contributed by atoms with Crippen LogP contribution in [0.25, 0.3) is 10.9 Å². The van der Waals surface area contributed by atoms with E-state index >= 15 is 4.79 Å². The largest absolute Gasteiger partial charge is 0.496 e. The van der Waals surface area contributed by atoms with Crippen molar-refractivity contribution in [1.29, 1.82) is 0 Å². The summed E-state index contributed by atoms with van der Waals surface area (Å²) in [5, 5.41) is 25.8. The molecule has 1 saturated carbocycles. The van der Waals surface area contributed by atoms with Gasteiger partial charge in [-0.3, -0.25) is 19.4 Å². The number of H-pyrrole nitrogens is 1. The van der Waals surface area contributed by atoms with Crippen molar-refractivity contribution in [1.82, 2.24) is 14.8 Å². The highest BCUT2D eigenvalue weighted by Gasteiger charge is 2.81. The molecule has 13 nitrogen and oxygen atoms in total. The Morgan fingerprint density at radius 1 is 0.982 bits per heavy atom. The molecular weight excluding hydrogens is 729 g/mol. The Labute approximate surface area is 332 Å². The van der Waals surface area contributed by atoms with Crippen LogP contribution in [0.5, 0.6) is 5.75 Å². The average molecular weight is 783 g/mol. The Bertz CT molecular complexity index is 2220. The van der Waals surface area contributed by atoms with Crippen molar-refractivity contribution in [2.45, 2.75) is 93.7 Å². The summed E-state index contributed by atoms with van der Waals surface area (Å²) in [5.74, 6) is -1.50. The molecule has 6 heterocycles. The van der Waals surface area contributed by atoms with Gasteiger partial charge in [0.25, 0.3) is 0 Å². The summed E-state index contributed by atoms with van der Waals surface area (Å²) >= 11 is 0. The highest BCUT2D eigenvalue weighted by molar-refractivity contribution is 5.95. The fourth-order valence-electron chi connectivity index (χ4n) is 13.3. The number of benzene rings is 2. The lowest BCUT2D eigenvalue weighted by Crippen LogP contribution is -2.82. The normalized spacial score (nSPS) is 36.5. The molecule has 13 heteroatoms. The number of methoxy groups -OCH3 is 3. The smallest absolute Gasteiger partial charge is 0.344 e. The molecule has 3 fully saturated rings. The van der Waals surface area contributed by atoms with Crippen LogP contribution < -0.4 is 9.64 Å². The van der Waals surface area contributed by atoms with Crippen molar-refractivity contribution in [2.75, 3.05) is 59.5 Å². The van der Waals surface area contributed by atoms with Crippen LogP contribution in [0.3, 0.4) is 0 Å². The van der Waals surface area contributed by atoms with E-state index in [2.05, 4.69) is 39.9 Å². The van der Waals surface area contributed by atoms with Gasteiger partial charge in [0.05, 0.1) is 33.5 Å². The molecule has 2 aromatic carbocycles. The van der Waals surface area contributed by atoms with Gasteiger partial charge >= 0.3 is 17.9 Å². The number of nitrogens with one attached hydrogen (secondary N) is 1. The lowest BCUT2D eigenvalue weighted by Gasteiger charge is -2.65. The molecule has 0 radical (unpaired) electrons. The molecule has 2 bridgehead atoms. The third-order valence-corrected chi connectivity index (χ3v) is 14.8. The zero-order valence-electron chi connectivity index (χ0n) is 33.9. The van der Waals surface area contributed by atoms with E-state index in [1.165, 1.54) is 26.7 Å². The number of aromatic amines is 1. The van der Waals surface area contributed by atoms with Crippen LogP contribution in [0.2, 0.25) is 0 Å². The average Bonchev–Trinajstić information content (AvgIpc) is 3.83. The number of aromatic nitrogens is 1. The number of esters is 3. The van der Waals surface area contributed by atoms with Crippen molar-refractivity contribution < 1.29 is 43.5 Å². The maximum absolute atomic E-state index is 15.1. The van der Waals surface area contributed by atoms with Gasteiger partial charge in [0.1, 0.15) is 11.2 Å². The Kier molecular flexibility index (Phi) is 8.72. The molecule has 2 saturated heterocycles. The first-order valence-corrected chi connectivity index (χ1v) is 20.2. The molecule has 57 heavy (non-hydrogen) atoms. The van der Waals surface area contributed by atoms with Gasteiger partial charge in [0.2, 0.25) is 5.60 Å². The molecule has 1 spiro atoms. The summed E-state index contributed by atoms with van der Waals surface area (Å²) in [6, 6.07) is 10.9. The van der Waals surface area contributed by atoms with Gasteiger partial charge in [-0.25, -0.2) is 4.79 Å². The summed E-state index contributed by atoms with van der Waals surface area (Å²) in [5.41, 5.74) is 0.464. The number of rotatable bonds is 6. The first-order valence-electron chi connectivity index (χ1n) is 20.2. The predicted molar refractivity (Wildman–Crippen MR) is 211 cm³/mol. The Morgan fingerprint density at radius 3 is 2.44 bits per heavy atom. The van der Waals surface area contributed by atoms with Gasteiger partial charge in [-0.1, -0.05) is 36.8 Å². The fraction of sp³-hybridized carbons (Fsp3) is 0.568. The minimum Gasteiger partial charge on any atom is -0.496 e. The molecule has 1 aliphatic carbocycles. The minimum absolute atomic E-state index is 0.00193. The number of hydrogen-bond donors (Lipinski definition) is 3. The van der Waals surface area contributed by atoms with E-state index in [9.17, 15) is 19.8 Å². The monoisotopic (exact) mass is 782 g/mol. The van der Waals surface area contributed by atoms with Crippen LogP contribution in [0, 0.1) is 11.3 Å². The number of hydrogen-bond acceptors (Lipinski definition) is 12. The lowest BCUT2D eigenvalue weighted by molar-refractivity contribution is -0.249. The van der Waals surface area contributed by atoms with Gasteiger partial charge in [-0.05, 0) is 68.3 Å². The first kappa shape index (κ1) is 38.1. The quantitative estimate of drug-likeness (QED) is 0.191. The first-order chi connectivity index (χ1) is 27.2. The molecule has 6 aliphatic rings. The summed E-state index contributed by atoms with van der Waals surface area (Å²) < 4.78 is 23.8. The summed E-state index contributed by atoms with van der Waals surface area (Å²) in [7, 11) is 6.12. The molecule has 3 N–H and O–H groups in total. The van der Waals surface area contributed by atoms with Crippen molar-refractivity contribution in [3.63, 3.8) is 0 Å². The second-order valence-electron chi connectivity index (χ2n) is 17.6. The summed E-state index contributed by atoms with van der Waals surface area (Å²) in [6.45, 7) is 8.57. The highest BCUT2D eigenvalue weighted by Crippen LogP contribution is 2.69. The van der Waals surface area contributed by atoms with Gasteiger partial charge in [-0.15, -0.1) is 0 Å². The van der Waals surface area contributed by atoms with E-state index in [0.717, 1.165) is 46.5 Å². The zero-order valence-corrected chi connectivity index (χ0v) is 33.9. The van der Waals surface area contributed by atoms with Crippen LogP contribution in [0.4, 0.5) is 5.69 Å². The molecule has 1 aromatic heterocycles. The summed E-state index contributed by atoms with van der Waals surface area (Å²) in [6.07, 6.45) is 1.68. The van der Waals surface area contributed by atoms with E-state index in [0.29, 0.717) is 50.2 Å². The topological polar surface area (TPSA) is 154 Å². The molecule has 0 amide bonds. The van der Waals surface area contributed by atoms with Crippen LogP contribution in [0.15, 0.2) is 48.0 Å². The van der Waals surface area contributed by atoms with Gasteiger partial charge in [0, 0.05) is 90.9 Å². The number of nitrogens with zero attached hydrogens (tertiary/aromatic N) is 3. The Balaban J connectivity index is 1.37. The van der Waals surface area contributed by atoms with Crippen LogP contribution in [-0.4, -0.2) is 127 Å². The molecule has 5 aliphatic heterocycles. The zero-order chi connectivity index (χ0) is 40.4. The van der Waals surface area contributed by atoms with Crippen molar-refractivity contribution in [2.24, 2.45) is 11.3 Å². The molecule has 3 unspecified atom stereocenters. The van der Waals surface area contributed by atoms with Crippen LogP contribution in [-0.2, 0) is 46.0 Å². The van der Waals surface area contributed by atoms with E-state index in [4.69, 9.17) is 18.9 Å². The Hall–Kier alpha value is -4.43. The number of anilines is 1. The van der Waals surface area contributed by atoms with E-state index in [-0.39, 0.29) is 18.4 Å². The van der Waals surface area contributed by atoms with Gasteiger partial charge < -0.3 is 39.0 Å². The summed E-state index contributed by atoms with van der Waals surface area (Å²) in [4.78, 5) is 52.9. The Morgan fingerprint density at radius 2 is 1.74 bits per heavy atom. The highest BCUT2D eigenvalue weighted by atomic mass is 16.6. The van der Waals surface area contributed by atoms with Gasteiger partial charge in [0.15, 0.2) is 6.10 Å². The number of fused-ring (bicyclic) bond motifs is 6. The van der Waals surface area contributed by atoms with Crippen molar-refractivity contribution in [3.05, 3.63) is 70.4 Å². The maximum atomic E-state index is 15.1. The number of piperidine rings is 1. The number of ether oxygens (including phenoxy) is 4. The third-order valence-electron chi connectivity index (χ3n) is 14.8. The lowest BCUT2D eigenvalue weighted by atomic mass is 9.46. The van der Waals surface area contributed by atoms with Crippen LogP contribution in [0.1, 0.15) is 68.8 Å². The standard InChI is InChI=1S/C44H54N4O9/c1-8-41-19-27(50)22-48-14-13-42(36(41)48)30-16-31(34(54-5)17-33(30)46(4)37(42)44(53,40(52)56-7)38(41)57-25(3)49)43(39(51)55-6)18-26-15-24(2)20-47(21-26)23-29-28-11-9-10-12-32(28)45-35(29)43/h9-12,15-17,26-27,36-38,45,50,53H,8,13-14,18-23H2,1-7H3/t26?,27?,36-,37-,38-,41-,42-,43+,44+/m1/s1. The van der Waals surface area contributed by atoms with Gasteiger partial charge in [-0.2, -0.15) is 0 Å². The SMILES string of the molecule is CC[C@]12CC(O)CN3CC[C@@]4(c5cc([C@@]6(C(=O)OC)CC7C=C(C)CN(Cc8c6[nH]c6ccccc86)C7)c(OC)cc5N(C)[C@H]4[C@@](O)(C(=O)OC)[C@@H]1OC(C)=O)[C@H]32. The minimum atomic E-state index is -2.35. The number of carbonyl (C=O) groups is 3. The molecule has 9 rings (SSSR count). The second-order valence-corrected chi connectivity index (χ2v) is 17.6. The number of aliphatic hydroxyl groups is 2. The van der Waals surface area contributed by atoms with E-state index in [1.54, 1.807) is 7.11 Å².